The van der Waals surface area contributed by atoms with E-state index in [2.05, 4.69) is 15.7 Å². The lowest BCUT2D eigenvalue weighted by Crippen LogP contribution is -2.35. The molecule has 1 heterocycles. The fourth-order valence-electron chi connectivity index (χ4n) is 3.53. The number of aryl methyl sites for hydroxylation is 1. The standard InChI is InChI=1S/C22H26N4O3S/c1-24-30(28,29)21-10-5-18(6-11-21)7-12-22(27)26-14-2-13-25(15-16-26)20-8-3-19(17-23)4-9-20/h3-6,8-11,24H,2,7,12-16H2,1H3. The molecule has 1 saturated heterocycles. The van der Waals surface area contributed by atoms with Crippen LogP contribution in [-0.4, -0.2) is 52.5 Å². The Labute approximate surface area is 178 Å². The molecule has 0 aliphatic carbocycles. The minimum absolute atomic E-state index is 0.114. The van der Waals surface area contributed by atoms with Crippen LogP contribution < -0.4 is 9.62 Å². The van der Waals surface area contributed by atoms with Gasteiger partial charge in [-0.3, -0.25) is 4.79 Å². The summed E-state index contributed by atoms with van der Waals surface area (Å²) in [6.45, 7) is 3.02. The summed E-state index contributed by atoms with van der Waals surface area (Å²) in [7, 11) is -2.06. The molecule has 158 valence electrons. The number of nitrogens with zero attached hydrogens (tertiary/aromatic N) is 3. The molecule has 1 aliphatic rings. The van der Waals surface area contributed by atoms with Crippen molar-refractivity contribution in [1.29, 1.82) is 5.26 Å². The van der Waals surface area contributed by atoms with Gasteiger partial charge in [0.1, 0.15) is 0 Å². The third-order valence-corrected chi connectivity index (χ3v) is 6.77. The van der Waals surface area contributed by atoms with E-state index >= 15 is 0 Å². The van der Waals surface area contributed by atoms with Crippen LogP contribution in [0.4, 0.5) is 5.69 Å². The van der Waals surface area contributed by atoms with Crippen LogP contribution >= 0.6 is 0 Å². The first-order valence-corrected chi connectivity index (χ1v) is 11.5. The number of hydrogen-bond donors (Lipinski definition) is 1. The van der Waals surface area contributed by atoms with Crippen molar-refractivity contribution in [1.82, 2.24) is 9.62 Å². The average Bonchev–Trinajstić information content (AvgIpc) is 3.04. The van der Waals surface area contributed by atoms with Gasteiger partial charge < -0.3 is 9.80 Å². The molecule has 1 N–H and O–H groups in total. The van der Waals surface area contributed by atoms with Gasteiger partial charge >= 0.3 is 0 Å². The molecule has 0 saturated carbocycles. The summed E-state index contributed by atoms with van der Waals surface area (Å²) in [6, 6.07) is 16.3. The average molecular weight is 427 g/mol. The quantitative estimate of drug-likeness (QED) is 0.764. The zero-order valence-electron chi connectivity index (χ0n) is 17.0. The number of carbonyl (C=O) groups excluding carboxylic acids is 1. The predicted molar refractivity (Wildman–Crippen MR) is 116 cm³/mol. The Bertz CT molecular complexity index is 1010. The molecular formula is C22H26N4O3S. The Morgan fingerprint density at radius 2 is 1.73 bits per heavy atom. The van der Waals surface area contributed by atoms with Crippen molar-refractivity contribution in [2.24, 2.45) is 0 Å². The van der Waals surface area contributed by atoms with Crippen molar-refractivity contribution in [3.8, 4) is 6.07 Å². The summed E-state index contributed by atoms with van der Waals surface area (Å²) in [5.41, 5.74) is 2.65. The Morgan fingerprint density at radius 3 is 2.37 bits per heavy atom. The summed E-state index contributed by atoms with van der Waals surface area (Å²) < 4.78 is 25.9. The van der Waals surface area contributed by atoms with Crippen LogP contribution in [0.3, 0.4) is 0 Å². The van der Waals surface area contributed by atoms with Crippen molar-refractivity contribution >= 4 is 21.6 Å². The Balaban J connectivity index is 1.53. The van der Waals surface area contributed by atoms with E-state index in [1.165, 1.54) is 7.05 Å². The van der Waals surface area contributed by atoms with Crippen LogP contribution in [0, 0.1) is 11.3 Å². The number of hydrogen-bond acceptors (Lipinski definition) is 5. The lowest BCUT2D eigenvalue weighted by atomic mass is 10.1. The fraction of sp³-hybridized carbons (Fsp3) is 0.364. The number of sulfonamides is 1. The first kappa shape index (κ1) is 21.8. The largest absolute Gasteiger partial charge is 0.370 e. The number of nitrogens with one attached hydrogen (secondary N) is 1. The minimum Gasteiger partial charge on any atom is -0.370 e. The maximum atomic E-state index is 12.7. The highest BCUT2D eigenvalue weighted by molar-refractivity contribution is 7.89. The molecule has 2 aromatic rings. The van der Waals surface area contributed by atoms with E-state index in [1.54, 1.807) is 24.3 Å². The number of anilines is 1. The predicted octanol–water partition coefficient (Wildman–Crippen LogP) is 2.14. The Kier molecular flexibility index (Phi) is 7.08. The normalized spacial score (nSPS) is 14.8. The van der Waals surface area contributed by atoms with E-state index in [0.717, 1.165) is 37.3 Å². The maximum Gasteiger partial charge on any atom is 0.240 e. The molecule has 8 heteroatoms. The topological polar surface area (TPSA) is 93.5 Å². The highest BCUT2D eigenvalue weighted by atomic mass is 32.2. The molecule has 0 aromatic heterocycles. The molecule has 0 atom stereocenters. The van der Waals surface area contributed by atoms with Crippen molar-refractivity contribution < 1.29 is 13.2 Å². The van der Waals surface area contributed by atoms with Gasteiger partial charge in [-0.25, -0.2) is 13.1 Å². The summed E-state index contributed by atoms with van der Waals surface area (Å²) in [5, 5.41) is 8.94. The molecule has 2 aromatic carbocycles. The van der Waals surface area contributed by atoms with E-state index < -0.39 is 10.0 Å². The molecule has 0 unspecified atom stereocenters. The van der Waals surface area contributed by atoms with Crippen molar-refractivity contribution in [2.45, 2.75) is 24.2 Å². The van der Waals surface area contributed by atoms with Crippen LogP contribution in [0.5, 0.6) is 0 Å². The van der Waals surface area contributed by atoms with Gasteiger partial charge in [0.2, 0.25) is 15.9 Å². The SMILES string of the molecule is CNS(=O)(=O)c1ccc(CCC(=O)N2CCCN(c3ccc(C#N)cc3)CC2)cc1. The monoisotopic (exact) mass is 426 g/mol. The molecule has 0 bridgehead atoms. The van der Waals surface area contributed by atoms with E-state index in [-0.39, 0.29) is 10.8 Å². The molecule has 1 fully saturated rings. The summed E-state index contributed by atoms with van der Waals surface area (Å²) in [5.74, 6) is 0.114. The molecule has 30 heavy (non-hydrogen) atoms. The van der Waals surface area contributed by atoms with Crippen LogP contribution in [0.1, 0.15) is 24.0 Å². The molecule has 0 radical (unpaired) electrons. The zero-order valence-corrected chi connectivity index (χ0v) is 17.9. The van der Waals surface area contributed by atoms with Crippen molar-refractivity contribution in [3.63, 3.8) is 0 Å². The van der Waals surface area contributed by atoms with Crippen molar-refractivity contribution in [3.05, 3.63) is 59.7 Å². The fourth-order valence-corrected chi connectivity index (χ4v) is 4.26. The summed E-state index contributed by atoms with van der Waals surface area (Å²) in [4.78, 5) is 17.1. The highest BCUT2D eigenvalue weighted by Gasteiger charge is 2.19. The van der Waals surface area contributed by atoms with Crippen LogP contribution in [0.25, 0.3) is 0 Å². The van der Waals surface area contributed by atoms with Crippen molar-refractivity contribution in [2.75, 3.05) is 38.1 Å². The number of amides is 1. The van der Waals surface area contributed by atoms with Crippen LogP contribution in [0.15, 0.2) is 53.4 Å². The van der Waals surface area contributed by atoms with Gasteiger partial charge in [-0.05, 0) is 61.9 Å². The second-order valence-corrected chi connectivity index (χ2v) is 9.12. The molecule has 3 rings (SSSR count). The van der Waals surface area contributed by atoms with Gasteiger partial charge in [0.15, 0.2) is 0 Å². The minimum atomic E-state index is -3.45. The van der Waals surface area contributed by atoms with Gasteiger partial charge in [0.25, 0.3) is 0 Å². The molecular weight excluding hydrogens is 400 g/mol. The first-order chi connectivity index (χ1) is 14.4. The van der Waals surface area contributed by atoms with E-state index in [1.807, 2.05) is 29.2 Å². The zero-order chi connectivity index (χ0) is 21.6. The second-order valence-electron chi connectivity index (χ2n) is 7.23. The lowest BCUT2D eigenvalue weighted by Gasteiger charge is -2.24. The molecule has 1 amide bonds. The molecule has 1 aliphatic heterocycles. The molecule has 0 spiro atoms. The lowest BCUT2D eigenvalue weighted by molar-refractivity contribution is -0.130. The van der Waals surface area contributed by atoms with E-state index in [4.69, 9.17) is 5.26 Å². The number of benzene rings is 2. The summed E-state index contributed by atoms with van der Waals surface area (Å²) >= 11 is 0. The van der Waals surface area contributed by atoms with Crippen LogP contribution in [0.2, 0.25) is 0 Å². The second kappa shape index (κ2) is 9.74. The van der Waals surface area contributed by atoms with Gasteiger partial charge in [-0.2, -0.15) is 5.26 Å². The van der Waals surface area contributed by atoms with E-state index in [0.29, 0.717) is 24.9 Å². The summed E-state index contributed by atoms with van der Waals surface area (Å²) in [6.07, 6.45) is 1.87. The third kappa shape index (κ3) is 5.38. The first-order valence-electron chi connectivity index (χ1n) is 9.98. The smallest absolute Gasteiger partial charge is 0.240 e. The van der Waals surface area contributed by atoms with Gasteiger partial charge in [0, 0.05) is 38.3 Å². The highest BCUT2D eigenvalue weighted by Crippen LogP contribution is 2.18. The third-order valence-electron chi connectivity index (χ3n) is 5.34. The Hall–Kier alpha value is -2.89. The van der Waals surface area contributed by atoms with Gasteiger partial charge in [-0.15, -0.1) is 0 Å². The van der Waals surface area contributed by atoms with Gasteiger partial charge in [-0.1, -0.05) is 12.1 Å². The molecule has 7 nitrogen and oxygen atoms in total. The number of carbonyl (C=O) groups is 1. The van der Waals surface area contributed by atoms with Crippen LogP contribution in [-0.2, 0) is 21.2 Å². The Morgan fingerprint density at radius 1 is 1.03 bits per heavy atom. The maximum absolute atomic E-state index is 12.7. The van der Waals surface area contributed by atoms with E-state index in [9.17, 15) is 13.2 Å². The number of rotatable bonds is 6. The number of nitriles is 1. The van der Waals surface area contributed by atoms with Gasteiger partial charge in [0.05, 0.1) is 16.5 Å².